The van der Waals surface area contributed by atoms with Crippen molar-refractivity contribution in [2.45, 2.75) is 20.8 Å². The van der Waals surface area contributed by atoms with Gasteiger partial charge < -0.3 is 5.32 Å². The molecule has 0 unspecified atom stereocenters. The Kier molecular flexibility index (Phi) is 5.03. The molecule has 0 fully saturated rings. The first-order valence-corrected chi connectivity index (χ1v) is 10.4. The summed E-state index contributed by atoms with van der Waals surface area (Å²) < 4.78 is 0. The number of imide groups is 1. The van der Waals surface area contributed by atoms with E-state index in [1.807, 2.05) is 62.5 Å². The maximum atomic E-state index is 13.4. The van der Waals surface area contributed by atoms with Crippen LogP contribution in [0.15, 0.2) is 59.6 Å². The zero-order valence-corrected chi connectivity index (χ0v) is 17.8. The van der Waals surface area contributed by atoms with Crippen molar-refractivity contribution in [3.63, 3.8) is 0 Å². The van der Waals surface area contributed by atoms with Gasteiger partial charge in [0.05, 0.1) is 11.3 Å². The van der Waals surface area contributed by atoms with E-state index in [0.29, 0.717) is 22.0 Å². The van der Waals surface area contributed by atoms with E-state index in [-0.39, 0.29) is 17.5 Å². The lowest BCUT2D eigenvalue weighted by molar-refractivity contribution is -0.120. The predicted octanol–water partition coefficient (Wildman–Crippen LogP) is 5.72. The number of carbonyl (C=O) groups excluding carboxylic acids is 2. The van der Waals surface area contributed by atoms with Crippen molar-refractivity contribution < 1.29 is 9.59 Å². The number of rotatable bonds is 4. The van der Waals surface area contributed by atoms with E-state index in [9.17, 15) is 9.59 Å². The van der Waals surface area contributed by atoms with Gasteiger partial charge in [0.15, 0.2) is 0 Å². The van der Waals surface area contributed by atoms with Crippen LogP contribution in [0.4, 0.5) is 11.4 Å². The summed E-state index contributed by atoms with van der Waals surface area (Å²) >= 11 is 7.67. The van der Waals surface area contributed by atoms with Crippen LogP contribution in [0.2, 0.25) is 5.02 Å². The summed E-state index contributed by atoms with van der Waals surface area (Å²) in [5.41, 5.74) is 4.85. The van der Waals surface area contributed by atoms with Crippen molar-refractivity contribution in [1.82, 2.24) is 0 Å². The fourth-order valence-corrected chi connectivity index (χ4v) is 4.21. The summed E-state index contributed by atoms with van der Waals surface area (Å²) in [4.78, 5) is 28.7. The lowest BCUT2D eigenvalue weighted by Gasteiger charge is -2.17. The van der Waals surface area contributed by atoms with Crippen LogP contribution in [0.1, 0.15) is 21.6 Å². The molecule has 1 N–H and O–H groups in total. The van der Waals surface area contributed by atoms with Crippen LogP contribution in [-0.2, 0) is 9.59 Å². The summed E-state index contributed by atoms with van der Waals surface area (Å²) in [6, 6.07) is 14.8. The first-order valence-electron chi connectivity index (χ1n) is 9.15. The molecular weight excluding hydrogens is 404 g/mol. The van der Waals surface area contributed by atoms with E-state index >= 15 is 0 Å². The smallest absolute Gasteiger partial charge is 0.282 e. The number of halogens is 1. The highest BCUT2D eigenvalue weighted by Crippen LogP contribution is 2.37. The van der Waals surface area contributed by atoms with Crippen LogP contribution in [0, 0.1) is 20.8 Å². The van der Waals surface area contributed by atoms with Crippen LogP contribution in [0.25, 0.3) is 5.57 Å². The average molecular weight is 423 g/mol. The van der Waals surface area contributed by atoms with E-state index in [2.05, 4.69) is 5.32 Å². The van der Waals surface area contributed by atoms with Gasteiger partial charge in [0.2, 0.25) is 0 Å². The van der Waals surface area contributed by atoms with Gasteiger partial charge in [-0.25, -0.2) is 4.90 Å². The normalized spacial score (nSPS) is 14.1. The van der Waals surface area contributed by atoms with Gasteiger partial charge in [-0.3, -0.25) is 9.59 Å². The SMILES string of the molecule is Cc1ccc(N2C(=O)C(Nc3cccc(Cl)c3C)=C(c3cccs3)C2=O)cc1C. The van der Waals surface area contributed by atoms with Crippen LogP contribution in [0.3, 0.4) is 0 Å². The average Bonchev–Trinajstić information content (AvgIpc) is 3.29. The number of nitrogens with zero attached hydrogens (tertiary/aromatic N) is 1. The molecule has 2 aromatic carbocycles. The second-order valence-electron chi connectivity index (χ2n) is 6.98. The molecule has 0 saturated heterocycles. The third-order valence-electron chi connectivity index (χ3n) is 5.13. The number of aryl methyl sites for hydroxylation is 2. The molecule has 0 saturated carbocycles. The summed E-state index contributed by atoms with van der Waals surface area (Å²) in [6.45, 7) is 5.83. The second kappa shape index (κ2) is 7.50. The van der Waals surface area contributed by atoms with Crippen molar-refractivity contribution in [2.24, 2.45) is 0 Å². The standard InChI is InChI=1S/C23H19ClN2O2S/c1-13-9-10-16(12-14(13)2)26-22(27)20(19-8-5-11-29-19)21(23(26)28)25-18-7-4-6-17(24)15(18)3/h4-12,25H,1-3H3. The van der Waals surface area contributed by atoms with Crippen LogP contribution in [-0.4, -0.2) is 11.8 Å². The molecule has 6 heteroatoms. The Labute approximate surface area is 178 Å². The van der Waals surface area contributed by atoms with Gasteiger partial charge in [0, 0.05) is 15.6 Å². The molecule has 2 heterocycles. The zero-order chi connectivity index (χ0) is 20.7. The van der Waals surface area contributed by atoms with Crippen LogP contribution < -0.4 is 10.2 Å². The maximum Gasteiger partial charge on any atom is 0.282 e. The lowest BCUT2D eigenvalue weighted by atomic mass is 10.1. The minimum atomic E-state index is -0.374. The Morgan fingerprint density at radius 2 is 1.72 bits per heavy atom. The van der Waals surface area contributed by atoms with Gasteiger partial charge in [-0.15, -0.1) is 11.3 Å². The zero-order valence-electron chi connectivity index (χ0n) is 16.2. The first kappa shape index (κ1) is 19.4. The molecule has 0 atom stereocenters. The first-order chi connectivity index (χ1) is 13.9. The van der Waals surface area contributed by atoms with Gasteiger partial charge in [0.1, 0.15) is 5.70 Å². The third-order valence-corrected chi connectivity index (χ3v) is 6.42. The molecule has 4 nitrogen and oxygen atoms in total. The third kappa shape index (κ3) is 3.37. The van der Waals surface area contributed by atoms with Gasteiger partial charge in [-0.05, 0) is 73.2 Å². The number of hydrogen-bond donors (Lipinski definition) is 1. The quantitative estimate of drug-likeness (QED) is 0.547. The highest BCUT2D eigenvalue weighted by Gasteiger charge is 2.40. The van der Waals surface area contributed by atoms with E-state index in [1.54, 1.807) is 12.1 Å². The van der Waals surface area contributed by atoms with E-state index in [4.69, 9.17) is 11.6 Å². The number of hydrogen-bond acceptors (Lipinski definition) is 4. The van der Waals surface area contributed by atoms with E-state index in [1.165, 1.54) is 16.2 Å². The fourth-order valence-electron chi connectivity index (χ4n) is 3.27. The lowest BCUT2D eigenvalue weighted by Crippen LogP contribution is -2.32. The topological polar surface area (TPSA) is 49.4 Å². The van der Waals surface area contributed by atoms with Crippen molar-refractivity contribution >= 4 is 51.7 Å². The molecule has 2 amide bonds. The molecule has 0 aliphatic carbocycles. The van der Waals surface area contributed by atoms with Crippen molar-refractivity contribution in [1.29, 1.82) is 0 Å². The second-order valence-corrected chi connectivity index (χ2v) is 8.33. The van der Waals surface area contributed by atoms with Gasteiger partial charge >= 0.3 is 0 Å². The molecule has 1 aliphatic rings. The summed E-state index contributed by atoms with van der Waals surface area (Å²) in [5.74, 6) is -0.705. The van der Waals surface area contributed by atoms with Gasteiger partial charge in [-0.1, -0.05) is 29.8 Å². The number of benzene rings is 2. The van der Waals surface area contributed by atoms with Gasteiger partial charge in [0.25, 0.3) is 11.8 Å². The maximum absolute atomic E-state index is 13.4. The van der Waals surface area contributed by atoms with Crippen LogP contribution >= 0.6 is 22.9 Å². The molecule has 3 aromatic rings. The van der Waals surface area contributed by atoms with Crippen molar-refractivity contribution in [3.05, 3.63) is 86.2 Å². The Balaban J connectivity index is 1.83. The number of anilines is 2. The number of amides is 2. The summed E-state index contributed by atoms with van der Waals surface area (Å²) in [6.07, 6.45) is 0. The molecule has 1 aliphatic heterocycles. The molecule has 1 aromatic heterocycles. The minimum absolute atomic E-state index is 0.265. The number of nitrogens with one attached hydrogen (secondary N) is 1. The molecular formula is C23H19ClN2O2S. The molecule has 0 radical (unpaired) electrons. The number of carbonyl (C=O) groups is 2. The Hall–Kier alpha value is -2.89. The van der Waals surface area contributed by atoms with E-state index < -0.39 is 0 Å². The van der Waals surface area contributed by atoms with Crippen molar-refractivity contribution in [2.75, 3.05) is 10.2 Å². The Bertz CT molecular complexity index is 1170. The monoisotopic (exact) mass is 422 g/mol. The fraction of sp³-hybridized carbons (Fsp3) is 0.130. The predicted molar refractivity (Wildman–Crippen MR) is 119 cm³/mol. The van der Waals surface area contributed by atoms with Gasteiger partial charge in [-0.2, -0.15) is 0 Å². The molecule has 29 heavy (non-hydrogen) atoms. The molecule has 4 rings (SSSR count). The van der Waals surface area contributed by atoms with E-state index in [0.717, 1.165) is 21.6 Å². The summed E-state index contributed by atoms with van der Waals surface area (Å²) in [7, 11) is 0. The highest BCUT2D eigenvalue weighted by molar-refractivity contribution is 7.11. The minimum Gasteiger partial charge on any atom is -0.350 e. The highest BCUT2D eigenvalue weighted by atomic mass is 35.5. The molecule has 0 bridgehead atoms. The molecule has 0 spiro atoms. The van der Waals surface area contributed by atoms with Crippen molar-refractivity contribution in [3.8, 4) is 0 Å². The summed E-state index contributed by atoms with van der Waals surface area (Å²) in [5, 5.41) is 5.67. The largest absolute Gasteiger partial charge is 0.350 e. The number of thiophene rings is 1. The van der Waals surface area contributed by atoms with Crippen LogP contribution in [0.5, 0.6) is 0 Å². The molecule has 146 valence electrons. The Morgan fingerprint density at radius 3 is 2.41 bits per heavy atom. The Morgan fingerprint density at radius 1 is 0.931 bits per heavy atom.